The lowest BCUT2D eigenvalue weighted by Crippen LogP contribution is -2.50. The van der Waals surface area contributed by atoms with Crippen molar-refractivity contribution in [3.8, 4) is 0 Å². The number of carboxylic acids is 1. The van der Waals surface area contributed by atoms with Crippen molar-refractivity contribution in [3.05, 3.63) is 0 Å². The highest BCUT2D eigenvalue weighted by Crippen LogP contribution is 2.19. The first-order chi connectivity index (χ1) is 20.1. The second-order valence-electron chi connectivity index (χ2n) is 15.0. The van der Waals surface area contributed by atoms with Gasteiger partial charge in [-0.3, -0.25) is 14.5 Å². The van der Waals surface area contributed by atoms with Crippen molar-refractivity contribution in [2.75, 3.05) is 19.6 Å². The number of rotatable bonds is 14. The van der Waals surface area contributed by atoms with Gasteiger partial charge < -0.3 is 40.4 Å². The molecule has 0 saturated heterocycles. The molecule has 0 aromatic heterocycles. The Kier molecular flexibility index (Phi) is 15.8. The van der Waals surface area contributed by atoms with Crippen molar-refractivity contribution < 1.29 is 48.0 Å². The molecule has 5 N–H and O–H groups in total. The molecule has 3 atom stereocenters. The molecule has 0 heterocycles. The van der Waals surface area contributed by atoms with E-state index in [0.29, 0.717) is 0 Å². The molecule has 0 aliphatic heterocycles. The summed E-state index contributed by atoms with van der Waals surface area (Å²) in [6.07, 6.45) is -1.51. The minimum absolute atomic E-state index is 0.0353. The number of nitrogens with zero attached hydrogens (tertiary/aromatic N) is 2. The maximum absolute atomic E-state index is 13.2. The van der Waals surface area contributed by atoms with E-state index in [1.54, 1.807) is 83.1 Å². The highest BCUT2D eigenvalue weighted by Gasteiger charge is 2.35. The molecule has 2 unspecified atom stereocenters. The topological polar surface area (TPSA) is 201 Å². The number of carbonyl (C=O) groups is 5. The largest absolute Gasteiger partial charge is 0.480 e. The number of hydrogen-bond donors (Lipinski definition) is 3. The van der Waals surface area contributed by atoms with Crippen LogP contribution in [0.1, 0.15) is 109 Å². The third-order valence-electron chi connectivity index (χ3n) is 5.66. The number of carbonyl (C=O) groups excluding carboxylic acids is 4. The highest BCUT2D eigenvalue weighted by atomic mass is 16.6. The van der Waals surface area contributed by atoms with Crippen LogP contribution in [-0.4, -0.2) is 105 Å². The summed E-state index contributed by atoms with van der Waals surface area (Å²) >= 11 is 0. The monoisotopic (exact) mass is 646 g/mol. The number of hydrogen-bond acceptors (Lipinski definition) is 11. The zero-order chi connectivity index (χ0) is 35.6. The second-order valence-corrected chi connectivity index (χ2v) is 15.0. The van der Waals surface area contributed by atoms with Crippen LogP contribution in [0, 0.1) is 0 Å². The van der Waals surface area contributed by atoms with Gasteiger partial charge in [-0.25, -0.2) is 14.4 Å². The van der Waals surface area contributed by atoms with Gasteiger partial charge in [0.2, 0.25) is 0 Å². The third kappa shape index (κ3) is 19.1. The fourth-order valence-electron chi connectivity index (χ4n) is 3.77. The maximum atomic E-state index is 13.2. The summed E-state index contributed by atoms with van der Waals surface area (Å²) in [5, 5.41) is 10.1. The lowest BCUT2D eigenvalue weighted by molar-refractivity contribution is -0.157. The molecule has 45 heavy (non-hydrogen) atoms. The summed E-state index contributed by atoms with van der Waals surface area (Å²) in [4.78, 5) is 65.7. The van der Waals surface area contributed by atoms with Gasteiger partial charge in [0, 0.05) is 19.6 Å². The number of esters is 2. The van der Waals surface area contributed by atoms with Gasteiger partial charge in [-0.15, -0.1) is 0 Å². The van der Waals surface area contributed by atoms with Gasteiger partial charge in [-0.2, -0.15) is 0 Å². The van der Waals surface area contributed by atoms with Crippen molar-refractivity contribution in [2.24, 2.45) is 11.5 Å². The van der Waals surface area contributed by atoms with Crippen molar-refractivity contribution >= 4 is 30.1 Å². The summed E-state index contributed by atoms with van der Waals surface area (Å²) in [7, 11) is 0. The van der Waals surface area contributed by atoms with E-state index in [2.05, 4.69) is 0 Å². The van der Waals surface area contributed by atoms with Gasteiger partial charge >= 0.3 is 30.1 Å². The molecule has 0 aromatic carbocycles. The maximum Gasteiger partial charge on any atom is 0.411 e. The van der Waals surface area contributed by atoms with Gasteiger partial charge in [0.25, 0.3) is 0 Å². The molecule has 0 saturated carbocycles. The van der Waals surface area contributed by atoms with Crippen molar-refractivity contribution in [2.45, 2.75) is 149 Å². The van der Waals surface area contributed by atoms with Gasteiger partial charge in [-0.05, 0) is 109 Å². The van der Waals surface area contributed by atoms with E-state index < -0.39 is 70.6 Å². The Morgan fingerprint density at radius 2 is 0.956 bits per heavy atom. The van der Waals surface area contributed by atoms with Crippen LogP contribution in [0.25, 0.3) is 0 Å². The molecule has 0 aliphatic carbocycles. The lowest BCUT2D eigenvalue weighted by atomic mass is 10.1. The van der Waals surface area contributed by atoms with E-state index in [4.69, 9.17) is 30.4 Å². The molecular weight excluding hydrogens is 588 g/mol. The Morgan fingerprint density at radius 3 is 1.33 bits per heavy atom. The summed E-state index contributed by atoms with van der Waals surface area (Å²) in [5.74, 6) is -2.60. The van der Waals surface area contributed by atoms with Crippen LogP contribution in [0.15, 0.2) is 0 Å². The Labute approximate surface area is 268 Å². The van der Waals surface area contributed by atoms with E-state index in [1.807, 2.05) is 0 Å². The lowest BCUT2D eigenvalue weighted by Gasteiger charge is -2.33. The summed E-state index contributed by atoms with van der Waals surface area (Å²) in [6.45, 7) is 20.2. The molecule has 14 nitrogen and oxygen atoms in total. The van der Waals surface area contributed by atoms with E-state index in [9.17, 15) is 29.1 Å². The molecule has 0 radical (unpaired) electrons. The van der Waals surface area contributed by atoms with E-state index >= 15 is 0 Å². The molecule has 0 aliphatic rings. The van der Waals surface area contributed by atoms with Crippen LogP contribution in [0.5, 0.6) is 0 Å². The second kappa shape index (κ2) is 17.0. The first kappa shape index (κ1) is 41.9. The van der Waals surface area contributed by atoms with Crippen LogP contribution in [-0.2, 0) is 33.3 Å². The Hall–Kier alpha value is -3.13. The minimum atomic E-state index is -1.37. The normalized spacial score (nSPS) is 14.4. The fraction of sp³-hybridized carbons (Fsp3) is 0.839. The number of aliphatic carboxylic acids is 1. The van der Waals surface area contributed by atoms with E-state index in [1.165, 1.54) is 4.90 Å². The molecule has 0 spiro atoms. The third-order valence-corrected chi connectivity index (χ3v) is 5.66. The first-order valence-corrected chi connectivity index (χ1v) is 15.3. The average Bonchev–Trinajstić information content (AvgIpc) is 2.79. The van der Waals surface area contributed by atoms with Crippen LogP contribution >= 0.6 is 0 Å². The predicted octanol–water partition coefficient (Wildman–Crippen LogP) is 3.81. The Balaban J connectivity index is 5.86. The van der Waals surface area contributed by atoms with Gasteiger partial charge in [0.15, 0.2) is 0 Å². The predicted molar refractivity (Wildman–Crippen MR) is 168 cm³/mol. The Morgan fingerprint density at radius 1 is 0.578 bits per heavy atom. The molecule has 0 aromatic rings. The molecule has 14 heteroatoms. The van der Waals surface area contributed by atoms with Crippen LogP contribution in [0.4, 0.5) is 9.59 Å². The number of ether oxygens (including phenoxy) is 4. The average molecular weight is 647 g/mol. The molecule has 0 rings (SSSR count). The standard InChI is InChI=1S/C31H58N4O10/c1-28(2,3)42-24(38)20(32)15-18-34(26(40)44-30(7,8)9)17-13-14-22(23(36)37)35(27(41)45-31(10,11)12)19-16-21(33)25(39)43-29(4,5)6/h20-22H,13-19,32-33H2,1-12H3,(H,36,37)/t20?,21?,22-/m0/s1. The van der Waals surface area contributed by atoms with Gasteiger partial charge in [0.05, 0.1) is 0 Å². The van der Waals surface area contributed by atoms with Gasteiger partial charge in [0.1, 0.15) is 40.5 Å². The van der Waals surface area contributed by atoms with Crippen LogP contribution < -0.4 is 11.5 Å². The van der Waals surface area contributed by atoms with E-state index in [0.717, 1.165) is 4.90 Å². The molecular formula is C31H58N4O10. The summed E-state index contributed by atoms with van der Waals surface area (Å²) < 4.78 is 21.6. The SMILES string of the molecule is CC(C)(C)OC(=O)C(N)CCN(CCC[C@@H](C(=O)O)N(CCC(N)C(=O)OC(C)(C)C)C(=O)OC(C)(C)C)C(=O)OC(C)(C)C. The first-order valence-electron chi connectivity index (χ1n) is 15.3. The zero-order valence-electron chi connectivity index (χ0n) is 29.4. The summed E-state index contributed by atoms with van der Waals surface area (Å²) in [6, 6.07) is -3.48. The van der Waals surface area contributed by atoms with Crippen molar-refractivity contribution in [3.63, 3.8) is 0 Å². The number of nitrogens with two attached hydrogens (primary N) is 2. The van der Waals surface area contributed by atoms with Crippen LogP contribution in [0.3, 0.4) is 0 Å². The molecule has 0 fully saturated rings. The van der Waals surface area contributed by atoms with Crippen LogP contribution in [0.2, 0.25) is 0 Å². The number of carboxylic acid groups (broad SMARTS) is 1. The highest BCUT2D eigenvalue weighted by molar-refractivity contribution is 5.80. The zero-order valence-corrected chi connectivity index (χ0v) is 29.4. The minimum Gasteiger partial charge on any atom is -0.480 e. The molecule has 262 valence electrons. The summed E-state index contributed by atoms with van der Waals surface area (Å²) in [5.41, 5.74) is 8.78. The van der Waals surface area contributed by atoms with Gasteiger partial charge in [-0.1, -0.05) is 0 Å². The van der Waals surface area contributed by atoms with Crippen molar-refractivity contribution in [1.82, 2.24) is 9.80 Å². The van der Waals surface area contributed by atoms with Crippen molar-refractivity contribution in [1.29, 1.82) is 0 Å². The number of amides is 2. The smallest absolute Gasteiger partial charge is 0.411 e. The molecule has 0 bridgehead atoms. The van der Waals surface area contributed by atoms with E-state index in [-0.39, 0.29) is 45.3 Å². The fourth-order valence-corrected chi connectivity index (χ4v) is 3.77. The quantitative estimate of drug-likeness (QED) is 0.182. The molecule has 2 amide bonds. The Bertz CT molecular complexity index is 1010.